The summed E-state index contributed by atoms with van der Waals surface area (Å²) in [5, 5.41) is 9.95. The van der Waals surface area contributed by atoms with E-state index in [1.54, 1.807) is 24.3 Å². The fourth-order valence-corrected chi connectivity index (χ4v) is 5.42. The van der Waals surface area contributed by atoms with Crippen LogP contribution in [0.15, 0.2) is 40.4 Å². The van der Waals surface area contributed by atoms with Gasteiger partial charge in [-0.1, -0.05) is 23.8 Å². The van der Waals surface area contributed by atoms with Crippen LogP contribution in [0.4, 0.5) is 11.6 Å². The molecule has 144 valence electrons. The maximum absolute atomic E-state index is 12.8. The molecule has 0 spiro atoms. The van der Waals surface area contributed by atoms with Crippen molar-refractivity contribution in [1.29, 1.82) is 0 Å². The predicted molar refractivity (Wildman–Crippen MR) is 107 cm³/mol. The average Bonchev–Trinajstić information content (AvgIpc) is 3.42. The first-order chi connectivity index (χ1) is 13.5. The third-order valence-corrected chi connectivity index (χ3v) is 7.34. The van der Waals surface area contributed by atoms with Gasteiger partial charge in [-0.15, -0.1) is 5.10 Å². The van der Waals surface area contributed by atoms with Gasteiger partial charge in [0.1, 0.15) is 0 Å². The molecule has 0 saturated carbocycles. The third-order valence-electron chi connectivity index (χ3n) is 5.76. The minimum Gasteiger partial charge on any atom is -0.322 e. The minimum atomic E-state index is -3.72. The first kappa shape index (κ1) is 17.4. The summed E-state index contributed by atoms with van der Waals surface area (Å²) < 4.78 is 25.6. The zero-order chi connectivity index (χ0) is 19.3. The molecule has 6 nitrogen and oxygen atoms in total. The maximum Gasteiger partial charge on any atom is 0.249 e. The van der Waals surface area contributed by atoms with Gasteiger partial charge in [0.15, 0.2) is 0 Å². The number of benzene rings is 2. The number of H-pyrrole nitrogens is 1. The van der Waals surface area contributed by atoms with E-state index in [1.165, 1.54) is 22.3 Å². The van der Waals surface area contributed by atoms with Crippen LogP contribution in [0.1, 0.15) is 40.7 Å². The molecule has 0 unspecified atom stereocenters. The standard InChI is InChI=1S/C21H22N4O2S/c1-13-8-10-16(11-9-13)28(26,27)21-23-20(24-25-21)22-19-17-6-2-4-14(17)12-15-5-3-7-18(15)19/h8-12H,2-7H2,1H3,(H2,22,23,24,25). The number of hydrogen-bond donors (Lipinski definition) is 2. The maximum atomic E-state index is 12.8. The third kappa shape index (κ3) is 2.81. The number of anilines is 2. The van der Waals surface area contributed by atoms with Crippen molar-refractivity contribution < 1.29 is 8.42 Å². The Kier molecular flexibility index (Phi) is 4.01. The number of hydrogen-bond acceptors (Lipinski definition) is 5. The Bertz CT molecular complexity index is 1130. The lowest BCUT2D eigenvalue weighted by atomic mass is 9.99. The quantitative estimate of drug-likeness (QED) is 0.705. The number of nitrogens with one attached hydrogen (secondary N) is 2. The van der Waals surface area contributed by atoms with Crippen LogP contribution in [-0.4, -0.2) is 23.6 Å². The van der Waals surface area contributed by atoms with E-state index in [2.05, 4.69) is 26.6 Å². The summed E-state index contributed by atoms with van der Waals surface area (Å²) in [6, 6.07) is 9.10. The van der Waals surface area contributed by atoms with Crippen LogP contribution in [0.3, 0.4) is 0 Å². The van der Waals surface area contributed by atoms with Gasteiger partial charge in [0, 0.05) is 5.69 Å². The number of aromatic amines is 1. The lowest BCUT2D eigenvalue weighted by Gasteiger charge is -2.15. The average molecular weight is 395 g/mol. The van der Waals surface area contributed by atoms with Crippen molar-refractivity contribution in [3.8, 4) is 0 Å². The molecule has 1 aromatic heterocycles. The number of rotatable bonds is 4. The predicted octanol–water partition coefficient (Wildman–Crippen LogP) is 3.67. The first-order valence-corrected chi connectivity index (χ1v) is 11.2. The molecule has 7 heteroatoms. The highest BCUT2D eigenvalue weighted by molar-refractivity contribution is 7.91. The molecule has 2 N–H and O–H groups in total. The van der Waals surface area contributed by atoms with Crippen LogP contribution < -0.4 is 5.32 Å². The van der Waals surface area contributed by atoms with Crippen LogP contribution in [0.2, 0.25) is 0 Å². The van der Waals surface area contributed by atoms with E-state index >= 15 is 0 Å². The fourth-order valence-electron chi connectivity index (χ4n) is 4.33. The Morgan fingerprint density at radius 3 is 2.25 bits per heavy atom. The zero-order valence-electron chi connectivity index (χ0n) is 15.7. The molecule has 0 saturated heterocycles. The number of sulfone groups is 1. The van der Waals surface area contributed by atoms with E-state index in [4.69, 9.17) is 0 Å². The highest BCUT2D eigenvalue weighted by atomic mass is 32.2. The lowest BCUT2D eigenvalue weighted by Crippen LogP contribution is -2.05. The highest BCUT2D eigenvalue weighted by Gasteiger charge is 2.26. The Labute approximate surface area is 164 Å². The summed E-state index contributed by atoms with van der Waals surface area (Å²) in [5.41, 5.74) is 7.60. The Morgan fingerprint density at radius 1 is 0.964 bits per heavy atom. The van der Waals surface area contributed by atoms with Gasteiger partial charge in [0.25, 0.3) is 0 Å². The van der Waals surface area contributed by atoms with Gasteiger partial charge in [0.2, 0.25) is 20.9 Å². The molecule has 2 aliphatic carbocycles. The van der Waals surface area contributed by atoms with E-state index in [0.29, 0.717) is 5.95 Å². The van der Waals surface area contributed by atoms with Crippen molar-refractivity contribution in [2.45, 2.75) is 55.5 Å². The first-order valence-electron chi connectivity index (χ1n) is 9.70. The molecule has 1 heterocycles. The molecule has 3 aromatic rings. The Morgan fingerprint density at radius 2 is 1.61 bits per heavy atom. The normalized spacial score (nSPS) is 15.5. The van der Waals surface area contributed by atoms with Gasteiger partial charge in [0.05, 0.1) is 4.90 Å². The van der Waals surface area contributed by atoms with E-state index in [0.717, 1.165) is 49.8 Å². The Hall–Kier alpha value is -2.67. The van der Waals surface area contributed by atoms with Crippen molar-refractivity contribution in [1.82, 2.24) is 15.2 Å². The molecular weight excluding hydrogens is 372 g/mol. The number of aryl methyl sites for hydroxylation is 3. The van der Waals surface area contributed by atoms with Crippen molar-refractivity contribution in [2.24, 2.45) is 0 Å². The smallest absolute Gasteiger partial charge is 0.249 e. The molecule has 0 atom stereocenters. The minimum absolute atomic E-state index is 0.136. The highest BCUT2D eigenvalue weighted by Crippen LogP contribution is 2.39. The molecule has 0 amide bonds. The van der Waals surface area contributed by atoms with Crippen LogP contribution in [0, 0.1) is 6.92 Å². The van der Waals surface area contributed by atoms with E-state index in [1.807, 2.05) is 6.92 Å². The van der Waals surface area contributed by atoms with Gasteiger partial charge >= 0.3 is 0 Å². The van der Waals surface area contributed by atoms with E-state index < -0.39 is 9.84 Å². The molecule has 5 rings (SSSR count). The van der Waals surface area contributed by atoms with E-state index in [9.17, 15) is 8.42 Å². The summed E-state index contributed by atoms with van der Waals surface area (Å²) in [6.45, 7) is 1.92. The van der Waals surface area contributed by atoms with Crippen molar-refractivity contribution in [3.63, 3.8) is 0 Å². The molecule has 0 aliphatic heterocycles. The monoisotopic (exact) mass is 394 g/mol. The van der Waals surface area contributed by atoms with Crippen molar-refractivity contribution >= 4 is 21.5 Å². The number of aromatic nitrogens is 3. The lowest BCUT2D eigenvalue weighted by molar-refractivity contribution is 0.587. The van der Waals surface area contributed by atoms with Gasteiger partial charge in [-0.2, -0.15) is 4.98 Å². The second kappa shape index (κ2) is 6.44. The number of fused-ring (bicyclic) bond motifs is 2. The molecular formula is C21H22N4O2S. The SMILES string of the molecule is Cc1ccc(S(=O)(=O)c2nc(Nc3c4c(cc5c3CCC5)CCC4)n[nH]2)cc1. The van der Waals surface area contributed by atoms with Crippen LogP contribution in [0.25, 0.3) is 0 Å². The van der Waals surface area contributed by atoms with Gasteiger partial charge in [-0.3, -0.25) is 0 Å². The fraction of sp³-hybridized carbons (Fsp3) is 0.333. The molecule has 2 aliphatic rings. The van der Waals surface area contributed by atoms with E-state index in [-0.39, 0.29) is 10.1 Å². The number of nitrogens with zero attached hydrogens (tertiary/aromatic N) is 2. The molecule has 0 fully saturated rings. The summed E-state index contributed by atoms with van der Waals surface area (Å²) in [7, 11) is -3.72. The summed E-state index contributed by atoms with van der Waals surface area (Å²) in [6.07, 6.45) is 6.63. The van der Waals surface area contributed by atoms with Crippen LogP contribution in [-0.2, 0) is 35.5 Å². The topological polar surface area (TPSA) is 87.7 Å². The summed E-state index contributed by atoms with van der Waals surface area (Å²) in [4.78, 5) is 4.47. The van der Waals surface area contributed by atoms with Crippen molar-refractivity contribution in [2.75, 3.05) is 5.32 Å². The van der Waals surface area contributed by atoms with Gasteiger partial charge < -0.3 is 5.32 Å². The summed E-state index contributed by atoms with van der Waals surface area (Å²) in [5.74, 6) is 0.306. The second-order valence-electron chi connectivity index (χ2n) is 7.64. The molecule has 0 radical (unpaired) electrons. The van der Waals surface area contributed by atoms with Crippen molar-refractivity contribution in [3.05, 3.63) is 58.1 Å². The van der Waals surface area contributed by atoms with Gasteiger partial charge in [-0.25, -0.2) is 13.5 Å². The van der Waals surface area contributed by atoms with Crippen LogP contribution in [0.5, 0.6) is 0 Å². The van der Waals surface area contributed by atoms with Gasteiger partial charge in [-0.05, 0) is 79.8 Å². The Balaban J connectivity index is 1.50. The van der Waals surface area contributed by atoms with Crippen LogP contribution >= 0.6 is 0 Å². The molecule has 28 heavy (non-hydrogen) atoms. The molecule has 2 aromatic carbocycles. The second-order valence-corrected chi connectivity index (χ2v) is 9.50. The summed E-state index contributed by atoms with van der Waals surface area (Å²) >= 11 is 0. The zero-order valence-corrected chi connectivity index (χ0v) is 16.6. The molecule has 0 bridgehead atoms. The largest absolute Gasteiger partial charge is 0.322 e.